The summed E-state index contributed by atoms with van der Waals surface area (Å²) in [4.78, 5) is 12.4. The van der Waals surface area contributed by atoms with E-state index < -0.39 is 0 Å². The number of rotatable bonds is 6. The van der Waals surface area contributed by atoms with Crippen molar-refractivity contribution >= 4 is 17.5 Å². The van der Waals surface area contributed by atoms with Crippen LogP contribution in [0.4, 0.5) is 0 Å². The van der Waals surface area contributed by atoms with E-state index in [4.69, 9.17) is 16.3 Å². The minimum absolute atomic E-state index is 0.0148. The lowest BCUT2D eigenvalue weighted by Gasteiger charge is -2.18. The van der Waals surface area contributed by atoms with Crippen molar-refractivity contribution in [2.45, 2.75) is 26.3 Å². The summed E-state index contributed by atoms with van der Waals surface area (Å²) in [6, 6.07) is 15.0. The van der Waals surface area contributed by atoms with Crippen molar-refractivity contribution in [3.8, 4) is 5.75 Å². The van der Waals surface area contributed by atoms with Gasteiger partial charge in [0.25, 0.3) is 5.91 Å². The Kier molecular flexibility index (Phi) is 5.84. The monoisotopic (exact) mass is 317 g/mol. The molecule has 0 aliphatic rings. The van der Waals surface area contributed by atoms with Crippen molar-refractivity contribution in [1.82, 2.24) is 5.32 Å². The first-order valence-corrected chi connectivity index (χ1v) is 7.81. The molecule has 0 fully saturated rings. The molecule has 0 aliphatic carbocycles. The van der Waals surface area contributed by atoms with E-state index in [1.165, 1.54) is 0 Å². The summed E-state index contributed by atoms with van der Waals surface area (Å²) in [5.74, 6) is 0.455. The van der Waals surface area contributed by atoms with Crippen LogP contribution >= 0.6 is 11.6 Å². The predicted molar refractivity (Wildman–Crippen MR) is 89.6 cm³/mol. The summed E-state index contributed by atoms with van der Waals surface area (Å²) in [6.07, 6.45) is 0.820. The minimum Gasteiger partial charge on any atom is -0.492 e. The Morgan fingerprint density at radius 2 is 1.91 bits per heavy atom. The van der Waals surface area contributed by atoms with Crippen LogP contribution in [0.5, 0.6) is 5.75 Å². The largest absolute Gasteiger partial charge is 0.492 e. The molecule has 22 heavy (non-hydrogen) atoms. The van der Waals surface area contributed by atoms with E-state index in [1.54, 1.807) is 18.2 Å². The van der Waals surface area contributed by atoms with E-state index in [9.17, 15) is 4.79 Å². The molecule has 0 saturated heterocycles. The summed E-state index contributed by atoms with van der Waals surface area (Å²) in [6.45, 7) is 4.48. The Morgan fingerprint density at radius 3 is 2.50 bits per heavy atom. The van der Waals surface area contributed by atoms with Crippen LogP contribution in [-0.4, -0.2) is 12.5 Å². The average Bonchev–Trinajstić information content (AvgIpc) is 2.55. The van der Waals surface area contributed by atoms with Crippen LogP contribution in [0.25, 0.3) is 0 Å². The lowest BCUT2D eigenvalue weighted by atomic mass is 10.0. The van der Waals surface area contributed by atoms with Crippen LogP contribution in [-0.2, 0) is 0 Å². The first kappa shape index (κ1) is 16.4. The third kappa shape index (κ3) is 4.01. The van der Waals surface area contributed by atoms with Gasteiger partial charge in [-0.05, 0) is 37.1 Å². The Balaban J connectivity index is 2.12. The summed E-state index contributed by atoms with van der Waals surface area (Å²) in [7, 11) is 0. The normalized spacial score (nSPS) is 11.8. The summed E-state index contributed by atoms with van der Waals surface area (Å²) in [5.41, 5.74) is 1.62. The van der Waals surface area contributed by atoms with Crippen LogP contribution in [0.15, 0.2) is 48.5 Å². The van der Waals surface area contributed by atoms with Crippen molar-refractivity contribution in [1.29, 1.82) is 0 Å². The van der Waals surface area contributed by atoms with Crippen molar-refractivity contribution in [3.05, 3.63) is 64.7 Å². The summed E-state index contributed by atoms with van der Waals surface area (Å²) < 4.78 is 5.38. The van der Waals surface area contributed by atoms with Crippen molar-refractivity contribution in [2.24, 2.45) is 0 Å². The molecular weight excluding hydrogens is 298 g/mol. The second-order valence-electron chi connectivity index (χ2n) is 4.92. The molecule has 2 rings (SSSR count). The molecule has 0 aliphatic heterocycles. The fourth-order valence-corrected chi connectivity index (χ4v) is 2.50. The Bertz CT molecular complexity index is 628. The number of halogens is 1. The lowest BCUT2D eigenvalue weighted by Crippen LogP contribution is -2.28. The Labute approximate surface area is 136 Å². The van der Waals surface area contributed by atoms with Crippen LogP contribution in [0.3, 0.4) is 0 Å². The van der Waals surface area contributed by atoms with E-state index in [2.05, 4.69) is 5.32 Å². The quantitative estimate of drug-likeness (QED) is 0.844. The maximum Gasteiger partial charge on any atom is 0.251 e. The lowest BCUT2D eigenvalue weighted by molar-refractivity contribution is 0.0935. The zero-order valence-corrected chi connectivity index (χ0v) is 13.6. The van der Waals surface area contributed by atoms with E-state index in [0.29, 0.717) is 22.9 Å². The van der Waals surface area contributed by atoms with Crippen molar-refractivity contribution in [3.63, 3.8) is 0 Å². The van der Waals surface area contributed by atoms with Gasteiger partial charge in [0, 0.05) is 5.56 Å². The van der Waals surface area contributed by atoms with Gasteiger partial charge in [0.2, 0.25) is 0 Å². The van der Waals surface area contributed by atoms with Crippen LogP contribution in [0.1, 0.15) is 42.2 Å². The molecule has 0 spiro atoms. The molecule has 3 nitrogen and oxygen atoms in total. The number of carbonyl (C=O) groups excluding carboxylic acids is 1. The molecule has 2 aromatic carbocycles. The number of carbonyl (C=O) groups is 1. The average molecular weight is 318 g/mol. The van der Waals surface area contributed by atoms with Gasteiger partial charge in [0.1, 0.15) is 5.75 Å². The predicted octanol–water partition coefficient (Wildman–Crippen LogP) is 4.62. The molecule has 1 N–H and O–H groups in total. The Hall–Kier alpha value is -2.00. The van der Waals surface area contributed by atoms with E-state index in [1.807, 2.05) is 44.2 Å². The first-order valence-electron chi connectivity index (χ1n) is 7.43. The SMILES string of the molecule is CCOc1ccc(C(=O)N[C@@H](CC)c2ccccc2)cc1Cl. The topological polar surface area (TPSA) is 38.3 Å². The van der Waals surface area contributed by atoms with Crippen molar-refractivity contribution < 1.29 is 9.53 Å². The number of nitrogens with one attached hydrogen (secondary N) is 1. The maximum absolute atomic E-state index is 12.4. The number of amides is 1. The summed E-state index contributed by atoms with van der Waals surface area (Å²) in [5, 5.41) is 3.49. The molecule has 0 aromatic heterocycles. The molecule has 1 amide bonds. The van der Waals surface area contributed by atoms with Gasteiger partial charge < -0.3 is 10.1 Å². The van der Waals surface area contributed by atoms with Gasteiger partial charge in [-0.25, -0.2) is 0 Å². The van der Waals surface area contributed by atoms with Gasteiger partial charge in [-0.3, -0.25) is 4.79 Å². The molecule has 0 heterocycles. The van der Waals surface area contributed by atoms with Crippen molar-refractivity contribution in [2.75, 3.05) is 6.61 Å². The smallest absolute Gasteiger partial charge is 0.251 e. The van der Waals surface area contributed by atoms with E-state index in [-0.39, 0.29) is 11.9 Å². The molecule has 1 atom stereocenters. The first-order chi connectivity index (χ1) is 10.7. The fraction of sp³-hybridized carbons (Fsp3) is 0.278. The third-order valence-electron chi connectivity index (χ3n) is 3.41. The van der Waals surface area contributed by atoms with Gasteiger partial charge in [-0.1, -0.05) is 48.9 Å². The van der Waals surface area contributed by atoms with Gasteiger partial charge in [-0.2, -0.15) is 0 Å². The maximum atomic E-state index is 12.4. The standard InChI is InChI=1S/C18H20ClNO2/c1-3-16(13-8-6-5-7-9-13)20-18(21)14-10-11-17(22-4-2)15(19)12-14/h5-12,16H,3-4H2,1-2H3,(H,20,21)/t16-/m0/s1. The highest BCUT2D eigenvalue weighted by atomic mass is 35.5. The number of benzene rings is 2. The zero-order valence-electron chi connectivity index (χ0n) is 12.8. The molecule has 0 radical (unpaired) electrons. The molecule has 0 saturated carbocycles. The van der Waals surface area contributed by atoms with Gasteiger partial charge in [0.15, 0.2) is 0 Å². The number of hydrogen-bond acceptors (Lipinski definition) is 2. The van der Waals surface area contributed by atoms with Crippen LogP contribution < -0.4 is 10.1 Å². The highest BCUT2D eigenvalue weighted by Crippen LogP contribution is 2.26. The van der Waals surface area contributed by atoms with Crippen LogP contribution in [0, 0.1) is 0 Å². The van der Waals surface area contributed by atoms with E-state index >= 15 is 0 Å². The number of hydrogen-bond donors (Lipinski definition) is 1. The fourth-order valence-electron chi connectivity index (χ4n) is 2.26. The second-order valence-corrected chi connectivity index (χ2v) is 5.33. The van der Waals surface area contributed by atoms with Gasteiger partial charge >= 0.3 is 0 Å². The third-order valence-corrected chi connectivity index (χ3v) is 3.70. The molecule has 0 bridgehead atoms. The molecule has 116 valence electrons. The second kappa shape index (κ2) is 7.85. The highest BCUT2D eigenvalue weighted by Gasteiger charge is 2.15. The zero-order chi connectivity index (χ0) is 15.9. The molecule has 0 unspecified atom stereocenters. The summed E-state index contributed by atoms with van der Waals surface area (Å²) >= 11 is 6.13. The Morgan fingerprint density at radius 1 is 1.18 bits per heavy atom. The molecule has 2 aromatic rings. The minimum atomic E-state index is -0.138. The number of ether oxygens (including phenoxy) is 1. The molecular formula is C18H20ClNO2. The van der Waals surface area contributed by atoms with Gasteiger partial charge in [-0.15, -0.1) is 0 Å². The van der Waals surface area contributed by atoms with Crippen LogP contribution in [0.2, 0.25) is 5.02 Å². The van der Waals surface area contributed by atoms with E-state index in [0.717, 1.165) is 12.0 Å². The van der Waals surface area contributed by atoms with Gasteiger partial charge in [0.05, 0.1) is 17.7 Å². The molecule has 4 heteroatoms. The highest BCUT2D eigenvalue weighted by molar-refractivity contribution is 6.32.